The van der Waals surface area contributed by atoms with Crippen molar-refractivity contribution in [3.8, 4) is 0 Å². The van der Waals surface area contributed by atoms with E-state index >= 15 is 0 Å². The lowest BCUT2D eigenvalue weighted by Crippen LogP contribution is -2.61. The van der Waals surface area contributed by atoms with Crippen LogP contribution in [0.5, 0.6) is 0 Å². The molecule has 2 unspecified atom stereocenters. The Balaban J connectivity index is 2.85. The lowest BCUT2D eigenvalue weighted by atomic mass is 9.82. The Morgan fingerprint density at radius 3 is 2.12 bits per heavy atom. The van der Waals surface area contributed by atoms with Gasteiger partial charge in [-0.1, -0.05) is 20.8 Å². The Morgan fingerprint density at radius 1 is 1.19 bits per heavy atom. The highest BCUT2D eigenvalue weighted by atomic mass is 16.5. The summed E-state index contributed by atoms with van der Waals surface area (Å²) in [5, 5.41) is 9.21. The zero-order valence-electron chi connectivity index (χ0n) is 11.6. The third kappa shape index (κ3) is 3.19. The van der Waals surface area contributed by atoms with Crippen LogP contribution in [-0.2, 0) is 4.74 Å². The molecular formula is C13H27NO2. The van der Waals surface area contributed by atoms with Crippen molar-refractivity contribution in [3.63, 3.8) is 0 Å². The van der Waals surface area contributed by atoms with Crippen LogP contribution in [0.15, 0.2) is 0 Å². The van der Waals surface area contributed by atoms with E-state index < -0.39 is 0 Å². The largest absolute Gasteiger partial charge is 0.394 e. The molecular weight excluding hydrogens is 202 g/mol. The van der Waals surface area contributed by atoms with E-state index in [4.69, 9.17) is 4.74 Å². The molecule has 1 N–H and O–H groups in total. The maximum atomic E-state index is 9.21. The van der Waals surface area contributed by atoms with Crippen molar-refractivity contribution in [1.82, 2.24) is 4.90 Å². The third-order valence-electron chi connectivity index (χ3n) is 3.33. The Hall–Kier alpha value is -0.120. The molecule has 1 aliphatic heterocycles. The van der Waals surface area contributed by atoms with Gasteiger partial charge in [-0.05, 0) is 26.2 Å². The van der Waals surface area contributed by atoms with Crippen LogP contribution in [0.3, 0.4) is 0 Å². The van der Waals surface area contributed by atoms with E-state index in [0.717, 1.165) is 6.54 Å². The molecule has 2 atom stereocenters. The molecule has 0 amide bonds. The molecule has 1 aliphatic rings. The highest BCUT2D eigenvalue weighted by Crippen LogP contribution is 2.32. The number of ether oxygens (including phenoxy) is 1. The Labute approximate surface area is 99.8 Å². The summed E-state index contributed by atoms with van der Waals surface area (Å²) in [4.78, 5) is 2.47. The molecule has 3 heteroatoms. The first-order chi connectivity index (χ1) is 7.16. The van der Waals surface area contributed by atoms with Gasteiger partial charge >= 0.3 is 0 Å². The summed E-state index contributed by atoms with van der Waals surface area (Å²) in [5.74, 6) is 0. The fraction of sp³-hybridized carbons (Fsp3) is 1.00. The van der Waals surface area contributed by atoms with Gasteiger partial charge in [0, 0.05) is 18.1 Å². The van der Waals surface area contributed by atoms with Gasteiger partial charge in [0.1, 0.15) is 0 Å². The van der Waals surface area contributed by atoms with Crippen LogP contribution in [0.25, 0.3) is 0 Å². The molecule has 16 heavy (non-hydrogen) atoms. The first-order valence-corrected chi connectivity index (χ1v) is 6.15. The minimum atomic E-state index is -0.0298. The van der Waals surface area contributed by atoms with Gasteiger partial charge in [0.25, 0.3) is 0 Å². The number of morpholine rings is 1. The highest BCUT2D eigenvalue weighted by Gasteiger charge is 2.40. The van der Waals surface area contributed by atoms with Crippen LogP contribution in [0, 0.1) is 5.41 Å². The number of nitrogens with zero attached hydrogens (tertiary/aromatic N) is 1. The lowest BCUT2D eigenvalue weighted by Gasteiger charge is -2.51. The summed E-state index contributed by atoms with van der Waals surface area (Å²) >= 11 is 0. The lowest BCUT2D eigenvalue weighted by molar-refractivity contribution is -0.134. The smallest absolute Gasteiger partial charge is 0.0933 e. The molecule has 0 spiro atoms. The van der Waals surface area contributed by atoms with Crippen LogP contribution in [-0.4, -0.2) is 47.4 Å². The fourth-order valence-corrected chi connectivity index (χ4v) is 2.29. The van der Waals surface area contributed by atoms with Crippen LogP contribution < -0.4 is 0 Å². The highest BCUT2D eigenvalue weighted by molar-refractivity contribution is 4.93. The van der Waals surface area contributed by atoms with Crippen molar-refractivity contribution in [1.29, 1.82) is 0 Å². The predicted molar refractivity (Wildman–Crippen MR) is 66.5 cm³/mol. The Kier molecular flexibility index (Phi) is 4.04. The van der Waals surface area contributed by atoms with Crippen LogP contribution in [0.4, 0.5) is 0 Å². The second-order valence-corrected chi connectivity index (χ2v) is 6.84. The maximum absolute atomic E-state index is 9.21. The maximum Gasteiger partial charge on any atom is 0.0933 e. The molecule has 96 valence electrons. The van der Waals surface area contributed by atoms with E-state index in [9.17, 15) is 5.11 Å². The number of hydrogen-bond donors (Lipinski definition) is 1. The Bertz CT molecular complexity index is 227. The van der Waals surface area contributed by atoms with Crippen LogP contribution >= 0.6 is 0 Å². The molecule has 0 aromatic carbocycles. The normalized spacial score (nSPS) is 29.4. The Morgan fingerprint density at radius 2 is 1.75 bits per heavy atom. The number of aliphatic hydroxyl groups is 1. The number of aliphatic hydroxyl groups excluding tert-OH is 1. The summed E-state index contributed by atoms with van der Waals surface area (Å²) in [7, 11) is 0. The van der Waals surface area contributed by atoms with Crippen LogP contribution in [0.1, 0.15) is 41.5 Å². The van der Waals surface area contributed by atoms with E-state index in [1.165, 1.54) is 0 Å². The molecule has 1 saturated heterocycles. The standard InChI is InChI=1S/C13H27NO2/c1-12(2,3)11-9-16-10(8-15)7-14(11)13(4,5)6/h10-11,15H,7-9H2,1-6H3. The first kappa shape index (κ1) is 13.9. The van der Waals surface area contributed by atoms with Gasteiger partial charge in [0.05, 0.1) is 19.3 Å². The second-order valence-electron chi connectivity index (χ2n) is 6.84. The van der Waals surface area contributed by atoms with Gasteiger partial charge in [0.15, 0.2) is 0 Å². The minimum absolute atomic E-state index is 0.0298. The first-order valence-electron chi connectivity index (χ1n) is 6.15. The van der Waals surface area contributed by atoms with Crippen molar-refractivity contribution in [2.45, 2.75) is 59.2 Å². The molecule has 3 nitrogen and oxygen atoms in total. The quantitative estimate of drug-likeness (QED) is 0.745. The van der Waals surface area contributed by atoms with Crippen molar-refractivity contribution < 1.29 is 9.84 Å². The average Bonchev–Trinajstić information content (AvgIpc) is 2.14. The molecule has 0 bridgehead atoms. The van der Waals surface area contributed by atoms with E-state index in [1.807, 2.05) is 0 Å². The fourth-order valence-electron chi connectivity index (χ4n) is 2.29. The topological polar surface area (TPSA) is 32.7 Å². The SMILES string of the molecule is CC(C)(C)C1COC(CO)CN1C(C)(C)C. The van der Waals surface area contributed by atoms with Crippen molar-refractivity contribution in [2.24, 2.45) is 5.41 Å². The molecule has 0 aromatic heterocycles. The summed E-state index contributed by atoms with van der Waals surface area (Å²) < 4.78 is 5.70. The van der Waals surface area contributed by atoms with Crippen molar-refractivity contribution in [3.05, 3.63) is 0 Å². The van der Waals surface area contributed by atoms with E-state index in [1.54, 1.807) is 0 Å². The van der Waals surface area contributed by atoms with Crippen molar-refractivity contribution >= 4 is 0 Å². The summed E-state index contributed by atoms with van der Waals surface area (Å²) in [5.41, 5.74) is 0.322. The molecule has 0 saturated carbocycles. The van der Waals surface area contributed by atoms with Gasteiger partial charge in [-0.3, -0.25) is 4.90 Å². The van der Waals surface area contributed by atoms with E-state index in [0.29, 0.717) is 12.6 Å². The van der Waals surface area contributed by atoms with E-state index in [2.05, 4.69) is 46.4 Å². The number of rotatable bonds is 1. The third-order valence-corrected chi connectivity index (χ3v) is 3.33. The molecule has 0 radical (unpaired) electrons. The molecule has 1 fully saturated rings. The van der Waals surface area contributed by atoms with E-state index in [-0.39, 0.29) is 23.7 Å². The number of hydrogen-bond acceptors (Lipinski definition) is 3. The van der Waals surface area contributed by atoms with Crippen LogP contribution in [0.2, 0.25) is 0 Å². The summed E-state index contributed by atoms with van der Waals surface area (Å²) in [6.07, 6.45) is -0.0298. The zero-order valence-corrected chi connectivity index (χ0v) is 11.6. The van der Waals surface area contributed by atoms with Gasteiger partial charge in [-0.25, -0.2) is 0 Å². The molecule has 1 heterocycles. The molecule has 1 rings (SSSR count). The van der Waals surface area contributed by atoms with Crippen molar-refractivity contribution in [2.75, 3.05) is 19.8 Å². The minimum Gasteiger partial charge on any atom is -0.394 e. The second kappa shape index (κ2) is 4.63. The molecule has 0 aromatic rings. The van der Waals surface area contributed by atoms with Gasteiger partial charge in [0.2, 0.25) is 0 Å². The zero-order chi connectivity index (χ0) is 12.6. The monoisotopic (exact) mass is 229 g/mol. The summed E-state index contributed by atoms with van der Waals surface area (Å²) in [6.45, 7) is 15.1. The summed E-state index contributed by atoms with van der Waals surface area (Å²) in [6, 6.07) is 0.412. The van der Waals surface area contributed by atoms with Gasteiger partial charge in [-0.2, -0.15) is 0 Å². The van der Waals surface area contributed by atoms with Gasteiger partial charge in [-0.15, -0.1) is 0 Å². The molecule has 0 aliphatic carbocycles. The average molecular weight is 229 g/mol. The van der Waals surface area contributed by atoms with Gasteiger partial charge < -0.3 is 9.84 Å². The predicted octanol–water partition coefficient (Wildman–Crippen LogP) is 1.89.